The van der Waals surface area contributed by atoms with Crippen LogP contribution in [-0.2, 0) is 6.42 Å². The van der Waals surface area contributed by atoms with E-state index in [1.54, 1.807) is 18.2 Å². The molecule has 0 unspecified atom stereocenters. The zero-order valence-corrected chi connectivity index (χ0v) is 12.0. The van der Waals surface area contributed by atoms with E-state index in [9.17, 15) is 8.78 Å². The Labute approximate surface area is 127 Å². The van der Waals surface area contributed by atoms with E-state index >= 15 is 0 Å². The molecule has 4 N–H and O–H groups in total. The number of rotatable bonds is 4. The van der Waals surface area contributed by atoms with Crippen molar-refractivity contribution in [2.45, 2.75) is 6.42 Å². The van der Waals surface area contributed by atoms with Gasteiger partial charge in [0.25, 0.3) is 0 Å². The summed E-state index contributed by atoms with van der Waals surface area (Å²) >= 11 is 5.14. The first-order valence-electron chi connectivity index (χ1n) is 6.39. The molecule has 6 heteroatoms. The first kappa shape index (κ1) is 15.2. The lowest BCUT2D eigenvalue weighted by molar-refractivity contribution is 0.507. The van der Waals surface area contributed by atoms with Crippen LogP contribution in [0.1, 0.15) is 5.56 Å². The van der Waals surface area contributed by atoms with Crippen LogP contribution in [0.4, 0.5) is 20.2 Å². The van der Waals surface area contributed by atoms with E-state index < -0.39 is 11.6 Å². The van der Waals surface area contributed by atoms with Crippen LogP contribution in [0.2, 0.25) is 0 Å². The van der Waals surface area contributed by atoms with E-state index in [1.807, 2.05) is 12.1 Å². The van der Waals surface area contributed by atoms with Crippen LogP contribution < -0.4 is 16.4 Å². The number of nitrogen functional groups attached to an aromatic ring is 1. The molecule has 0 amide bonds. The zero-order chi connectivity index (χ0) is 15.2. The van der Waals surface area contributed by atoms with Gasteiger partial charge >= 0.3 is 0 Å². The number of hydrogen-bond acceptors (Lipinski definition) is 2. The number of anilines is 2. The van der Waals surface area contributed by atoms with Crippen molar-refractivity contribution >= 4 is 28.7 Å². The van der Waals surface area contributed by atoms with Gasteiger partial charge in [0.2, 0.25) is 0 Å². The summed E-state index contributed by atoms with van der Waals surface area (Å²) in [6.07, 6.45) is 0.542. The third-order valence-electron chi connectivity index (χ3n) is 2.85. The molecule has 110 valence electrons. The molecule has 2 aromatic carbocycles. The predicted molar refractivity (Wildman–Crippen MR) is 85.1 cm³/mol. The number of halogens is 2. The van der Waals surface area contributed by atoms with Gasteiger partial charge in [0.1, 0.15) is 0 Å². The second-order valence-electron chi connectivity index (χ2n) is 4.50. The molecule has 0 spiro atoms. The first-order chi connectivity index (χ1) is 10.0. The molecule has 0 atom stereocenters. The van der Waals surface area contributed by atoms with Crippen LogP contribution in [0.25, 0.3) is 0 Å². The molecule has 0 aliphatic heterocycles. The smallest absolute Gasteiger partial charge is 0.170 e. The van der Waals surface area contributed by atoms with E-state index in [1.165, 1.54) is 6.07 Å². The third-order valence-corrected chi connectivity index (χ3v) is 3.10. The molecule has 2 aromatic rings. The molecule has 0 saturated carbocycles. The minimum Gasteiger partial charge on any atom is -0.399 e. The Morgan fingerprint density at radius 2 is 1.76 bits per heavy atom. The fourth-order valence-corrected chi connectivity index (χ4v) is 1.98. The summed E-state index contributed by atoms with van der Waals surface area (Å²) < 4.78 is 25.8. The van der Waals surface area contributed by atoms with Crippen molar-refractivity contribution < 1.29 is 8.78 Å². The normalized spacial score (nSPS) is 10.2. The summed E-state index contributed by atoms with van der Waals surface area (Å²) in [7, 11) is 0. The van der Waals surface area contributed by atoms with Gasteiger partial charge in [-0.1, -0.05) is 6.07 Å². The second kappa shape index (κ2) is 6.99. The quantitative estimate of drug-likeness (QED) is 0.600. The number of nitrogens with two attached hydrogens (primary N) is 1. The summed E-state index contributed by atoms with van der Waals surface area (Å²) in [5.41, 5.74) is 7.80. The van der Waals surface area contributed by atoms with Gasteiger partial charge in [-0.2, -0.15) is 0 Å². The van der Waals surface area contributed by atoms with Crippen molar-refractivity contribution in [3.63, 3.8) is 0 Å². The fraction of sp³-hybridized carbons (Fsp3) is 0.133. The Bertz CT molecular complexity index is 629. The average Bonchev–Trinajstić information content (AvgIpc) is 2.45. The van der Waals surface area contributed by atoms with Crippen LogP contribution in [0.15, 0.2) is 42.5 Å². The van der Waals surface area contributed by atoms with Gasteiger partial charge < -0.3 is 16.4 Å². The molecule has 0 fully saturated rings. The van der Waals surface area contributed by atoms with E-state index in [2.05, 4.69) is 10.6 Å². The van der Waals surface area contributed by atoms with Gasteiger partial charge in [0.05, 0.1) is 0 Å². The van der Waals surface area contributed by atoms with Crippen molar-refractivity contribution in [1.82, 2.24) is 5.32 Å². The van der Waals surface area contributed by atoms with E-state index in [0.29, 0.717) is 29.3 Å². The molecule has 2 rings (SSSR count). The van der Waals surface area contributed by atoms with Gasteiger partial charge in [-0.15, -0.1) is 0 Å². The molecular weight excluding hydrogens is 292 g/mol. The molecule has 3 nitrogen and oxygen atoms in total. The molecule has 0 aromatic heterocycles. The van der Waals surface area contributed by atoms with Crippen molar-refractivity contribution in [2.75, 3.05) is 17.6 Å². The molecule has 0 saturated heterocycles. The highest BCUT2D eigenvalue weighted by molar-refractivity contribution is 7.80. The maximum absolute atomic E-state index is 13.0. The Morgan fingerprint density at radius 1 is 1.05 bits per heavy atom. The number of benzene rings is 2. The summed E-state index contributed by atoms with van der Waals surface area (Å²) in [6, 6.07) is 11.0. The molecule has 0 bridgehead atoms. The van der Waals surface area contributed by atoms with Crippen LogP contribution in [0, 0.1) is 11.6 Å². The summed E-state index contributed by atoms with van der Waals surface area (Å²) in [6.45, 7) is 0.520. The maximum atomic E-state index is 13.0. The predicted octanol–water partition coefficient (Wildman–Crippen LogP) is 3.08. The van der Waals surface area contributed by atoms with Crippen molar-refractivity contribution in [3.05, 3.63) is 59.7 Å². The Hall–Kier alpha value is -2.21. The Balaban J connectivity index is 1.78. The highest BCUT2D eigenvalue weighted by Crippen LogP contribution is 2.10. The first-order valence-corrected chi connectivity index (χ1v) is 6.80. The topological polar surface area (TPSA) is 50.1 Å². The van der Waals surface area contributed by atoms with E-state index in [0.717, 1.165) is 11.8 Å². The minimum atomic E-state index is -0.841. The lowest BCUT2D eigenvalue weighted by atomic mass is 10.1. The molecular formula is C15H15F2N3S. The lowest BCUT2D eigenvalue weighted by Crippen LogP contribution is -2.30. The second-order valence-corrected chi connectivity index (χ2v) is 4.91. The maximum Gasteiger partial charge on any atom is 0.170 e. The molecule has 0 radical (unpaired) electrons. The SMILES string of the molecule is Nc1ccc(NC(=S)NCCc2ccc(F)c(F)c2)cc1. The highest BCUT2D eigenvalue weighted by atomic mass is 32.1. The molecule has 21 heavy (non-hydrogen) atoms. The molecule has 0 aliphatic carbocycles. The summed E-state index contributed by atoms with van der Waals surface area (Å²) in [5, 5.41) is 6.47. The standard InChI is InChI=1S/C15H15F2N3S/c16-13-6-1-10(9-14(13)17)7-8-19-15(21)20-12-4-2-11(18)3-5-12/h1-6,9H,7-8,18H2,(H2,19,20,21). The Kier molecular flexibility index (Phi) is 5.05. The van der Waals surface area contributed by atoms with Crippen LogP contribution >= 0.6 is 12.2 Å². The summed E-state index contributed by atoms with van der Waals surface area (Å²) in [4.78, 5) is 0. The number of hydrogen-bond donors (Lipinski definition) is 3. The van der Waals surface area contributed by atoms with Crippen molar-refractivity contribution in [2.24, 2.45) is 0 Å². The van der Waals surface area contributed by atoms with Gasteiger partial charge in [-0.3, -0.25) is 0 Å². The van der Waals surface area contributed by atoms with Gasteiger partial charge in [0, 0.05) is 17.9 Å². The van der Waals surface area contributed by atoms with Crippen LogP contribution in [-0.4, -0.2) is 11.7 Å². The zero-order valence-electron chi connectivity index (χ0n) is 11.2. The van der Waals surface area contributed by atoms with Gasteiger partial charge in [0.15, 0.2) is 16.7 Å². The fourth-order valence-electron chi connectivity index (χ4n) is 1.76. The Morgan fingerprint density at radius 3 is 2.43 bits per heavy atom. The highest BCUT2D eigenvalue weighted by Gasteiger charge is 2.03. The van der Waals surface area contributed by atoms with Crippen molar-refractivity contribution in [3.8, 4) is 0 Å². The van der Waals surface area contributed by atoms with Crippen molar-refractivity contribution in [1.29, 1.82) is 0 Å². The largest absolute Gasteiger partial charge is 0.399 e. The molecule has 0 aliphatic rings. The number of thiocarbonyl (C=S) groups is 1. The van der Waals surface area contributed by atoms with E-state index in [4.69, 9.17) is 18.0 Å². The van der Waals surface area contributed by atoms with Gasteiger partial charge in [-0.05, 0) is 60.6 Å². The lowest BCUT2D eigenvalue weighted by Gasteiger charge is -2.10. The van der Waals surface area contributed by atoms with Gasteiger partial charge in [-0.25, -0.2) is 8.78 Å². The van der Waals surface area contributed by atoms with Crippen LogP contribution in [0.5, 0.6) is 0 Å². The number of nitrogens with one attached hydrogen (secondary N) is 2. The summed E-state index contributed by atoms with van der Waals surface area (Å²) in [5.74, 6) is -1.68. The molecule has 0 heterocycles. The third kappa shape index (κ3) is 4.68. The van der Waals surface area contributed by atoms with Crippen LogP contribution in [0.3, 0.4) is 0 Å². The monoisotopic (exact) mass is 307 g/mol. The average molecular weight is 307 g/mol. The van der Waals surface area contributed by atoms with E-state index in [-0.39, 0.29) is 0 Å². The minimum absolute atomic E-state index is 0.461.